The van der Waals surface area contributed by atoms with Gasteiger partial charge in [0.25, 0.3) is 0 Å². The van der Waals surface area contributed by atoms with E-state index in [1.807, 2.05) is 61.5 Å². The zero-order valence-corrected chi connectivity index (χ0v) is 26.2. The molecule has 0 bridgehead atoms. The standard InChI is InChI=1S/C30H42N6O4S/c1-10-30(8,31)22-16-34-26(39-17(2)14-28(4,5)41(9,32)38)21-15-33-24(13-20(21)22)35-23-12-11-19-25(36-23)29(6,7)18(3)40-27(19)37/h11-13,15-18,32H,10,14,31H2,1-9H3,(H,33,35,36)/t17-,18+,30+,41-/m0/s1. The lowest BCUT2D eigenvalue weighted by Gasteiger charge is -2.36. The fourth-order valence-electron chi connectivity index (χ4n) is 4.88. The third kappa shape index (κ3) is 5.88. The second kappa shape index (κ2) is 10.5. The summed E-state index contributed by atoms with van der Waals surface area (Å²) in [6, 6.07) is 5.37. The van der Waals surface area contributed by atoms with Gasteiger partial charge >= 0.3 is 5.97 Å². The molecule has 4 heterocycles. The summed E-state index contributed by atoms with van der Waals surface area (Å²) in [7, 11) is -2.79. The highest BCUT2D eigenvalue weighted by Gasteiger charge is 2.41. The lowest BCUT2D eigenvalue weighted by Crippen LogP contribution is -2.42. The molecule has 0 unspecified atom stereocenters. The van der Waals surface area contributed by atoms with Crippen molar-refractivity contribution in [3.63, 3.8) is 0 Å². The lowest BCUT2D eigenvalue weighted by molar-refractivity contribution is 0.00864. The Morgan fingerprint density at radius 3 is 2.51 bits per heavy atom. The number of aromatic nitrogens is 3. The predicted molar refractivity (Wildman–Crippen MR) is 162 cm³/mol. The maximum atomic E-state index is 12.5. The number of fused-ring (bicyclic) bond motifs is 2. The highest BCUT2D eigenvalue weighted by Crippen LogP contribution is 2.38. The van der Waals surface area contributed by atoms with Crippen LogP contribution in [0.2, 0.25) is 0 Å². The van der Waals surface area contributed by atoms with Crippen molar-refractivity contribution in [3.05, 3.63) is 47.4 Å². The Bertz CT molecular complexity index is 1600. The van der Waals surface area contributed by atoms with E-state index in [2.05, 4.69) is 15.3 Å². The van der Waals surface area contributed by atoms with Crippen LogP contribution in [0.3, 0.4) is 0 Å². The molecular formula is C30H42N6O4S. The van der Waals surface area contributed by atoms with Crippen LogP contribution in [0, 0.1) is 4.78 Å². The molecule has 0 fully saturated rings. The Kier molecular flexibility index (Phi) is 7.85. The fraction of sp³-hybridized carbons (Fsp3) is 0.533. The molecule has 0 radical (unpaired) electrons. The first-order valence-electron chi connectivity index (χ1n) is 13.8. The smallest absolute Gasteiger partial charge is 0.340 e. The number of esters is 1. The number of pyridine rings is 3. The molecule has 4 atom stereocenters. The molecule has 0 spiro atoms. The van der Waals surface area contributed by atoms with Crippen molar-refractivity contribution in [3.8, 4) is 5.88 Å². The van der Waals surface area contributed by atoms with Crippen LogP contribution in [0.5, 0.6) is 5.88 Å². The predicted octanol–water partition coefficient (Wildman–Crippen LogP) is 5.80. The van der Waals surface area contributed by atoms with Crippen LogP contribution in [0.25, 0.3) is 10.8 Å². The minimum absolute atomic E-state index is 0.313. The monoisotopic (exact) mass is 582 g/mol. The van der Waals surface area contributed by atoms with E-state index >= 15 is 0 Å². The molecule has 1 aliphatic rings. The largest absolute Gasteiger partial charge is 0.474 e. The molecule has 4 rings (SSSR count). The number of hydrogen-bond donors (Lipinski definition) is 3. The van der Waals surface area contributed by atoms with Crippen LogP contribution in [-0.4, -0.2) is 48.3 Å². The number of rotatable bonds is 9. The molecular weight excluding hydrogens is 540 g/mol. The van der Waals surface area contributed by atoms with E-state index in [1.165, 1.54) is 6.26 Å². The van der Waals surface area contributed by atoms with Crippen molar-refractivity contribution in [2.24, 2.45) is 5.73 Å². The molecule has 0 aromatic carbocycles. The van der Waals surface area contributed by atoms with Gasteiger partial charge in [-0.3, -0.25) is 4.78 Å². The summed E-state index contributed by atoms with van der Waals surface area (Å²) in [5.74, 6) is 1.13. The zero-order valence-electron chi connectivity index (χ0n) is 25.4. The van der Waals surface area contributed by atoms with E-state index in [-0.39, 0.29) is 18.2 Å². The number of ether oxygens (including phenoxy) is 2. The van der Waals surface area contributed by atoms with Gasteiger partial charge in [0.15, 0.2) is 0 Å². The van der Waals surface area contributed by atoms with E-state index in [0.29, 0.717) is 47.0 Å². The Balaban J connectivity index is 1.73. The van der Waals surface area contributed by atoms with Gasteiger partial charge in [-0.2, -0.15) is 0 Å². The van der Waals surface area contributed by atoms with Gasteiger partial charge in [0.2, 0.25) is 5.88 Å². The van der Waals surface area contributed by atoms with Gasteiger partial charge in [0.05, 0.1) is 27.5 Å². The number of nitrogens with zero attached hydrogens (tertiary/aromatic N) is 3. The summed E-state index contributed by atoms with van der Waals surface area (Å²) in [5, 5.41) is 4.82. The average Bonchev–Trinajstić information content (AvgIpc) is 2.86. The molecule has 3 aromatic rings. The highest BCUT2D eigenvalue weighted by atomic mass is 32.2. The fourth-order valence-corrected chi connectivity index (χ4v) is 5.43. The van der Waals surface area contributed by atoms with Gasteiger partial charge in [-0.25, -0.2) is 24.0 Å². The molecule has 10 nitrogen and oxygen atoms in total. The lowest BCUT2D eigenvalue weighted by atomic mass is 9.79. The van der Waals surface area contributed by atoms with Crippen LogP contribution in [0.1, 0.15) is 89.8 Å². The molecule has 222 valence electrons. The summed E-state index contributed by atoms with van der Waals surface area (Å²) in [6.45, 7) is 15.4. The van der Waals surface area contributed by atoms with Crippen molar-refractivity contribution >= 4 is 38.1 Å². The van der Waals surface area contributed by atoms with Gasteiger partial charge < -0.3 is 20.5 Å². The average molecular weight is 583 g/mol. The minimum Gasteiger partial charge on any atom is -0.474 e. The normalized spacial score (nSPS) is 20.3. The van der Waals surface area contributed by atoms with Gasteiger partial charge in [-0.1, -0.05) is 20.8 Å². The van der Waals surface area contributed by atoms with Crippen molar-refractivity contribution in [2.75, 3.05) is 11.6 Å². The Hall–Kier alpha value is -3.31. The Morgan fingerprint density at radius 2 is 1.88 bits per heavy atom. The quantitative estimate of drug-likeness (QED) is 0.266. The molecule has 3 aromatic heterocycles. The van der Waals surface area contributed by atoms with E-state index in [4.69, 9.17) is 25.0 Å². The topological polar surface area (TPSA) is 153 Å². The van der Waals surface area contributed by atoms with Gasteiger partial charge in [0, 0.05) is 45.8 Å². The zero-order chi connectivity index (χ0) is 30.5. The van der Waals surface area contributed by atoms with Crippen molar-refractivity contribution in [1.82, 2.24) is 15.0 Å². The van der Waals surface area contributed by atoms with Crippen molar-refractivity contribution < 1.29 is 18.5 Å². The van der Waals surface area contributed by atoms with Crippen LogP contribution in [0.15, 0.2) is 30.6 Å². The molecule has 41 heavy (non-hydrogen) atoms. The Morgan fingerprint density at radius 1 is 1.20 bits per heavy atom. The molecule has 11 heteroatoms. The SMILES string of the molecule is CC[C@@](C)(N)c1cnc(O[C@@H](C)CC(C)(C)[S@@](C)(=N)=O)c2cnc(Nc3ccc4c(n3)C(C)(C)[C@@H](C)OC4=O)cc12. The number of nitrogens with two attached hydrogens (primary N) is 1. The van der Waals surface area contributed by atoms with Crippen LogP contribution >= 0.6 is 0 Å². The van der Waals surface area contributed by atoms with E-state index in [9.17, 15) is 9.00 Å². The molecule has 0 saturated heterocycles. The number of carbonyl (C=O) groups excluding carboxylic acids is 1. The number of carbonyl (C=O) groups is 1. The number of hydrogen-bond acceptors (Lipinski definition) is 10. The summed E-state index contributed by atoms with van der Waals surface area (Å²) in [6.07, 6.45) is 5.34. The van der Waals surface area contributed by atoms with Crippen LogP contribution < -0.4 is 15.8 Å². The van der Waals surface area contributed by atoms with E-state index < -0.39 is 25.4 Å². The van der Waals surface area contributed by atoms with E-state index in [1.54, 1.807) is 24.5 Å². The molecule has 0 saturated carbocycles. The van der Waals surface area contributed by atoms with Crippen molar-refractivity contribution in [2.45, 2.75) is 96.1 Å². The van der Waals surface area contributed by atoms with Crippen molar-refractivity contribution in [1.29, 1.82) is 4.78 Å². The first-order chi connectivity index (χ1) is 18.9. The molecule has 0 amide bonds. The van der Waals surface area contributed by atoms with Gasteiger partial charge in [0.1, 0.15) is 17.7 Å². The maximum Gasteiger partial charge on any atom is 0.340 e. The summed E-state index contributed by atoms with van der Waals surface area (Å²) in [4.78, 5) is 26.5. The summed E-state index contributed by atoms with van der Waals surface area (Å²) in [5.41, 5.74) is 7.56. The molecule has 1 aliphatic heterocycles. The first kappa shape index (κ1) is 30.6. The highest BCUT2D eigenvalue weighted by molar-refractivity contribution is 7.93. The second-order valence-electron chi connectivity index (χ2n) is 12.6. The second-order valence-corrected chi connectivity index (χ2v) is 15.4. The van der Waals surface area contributed by atoms with Crippen LogP contribution in [-0.2, 0) is 25.4 Å². The minimum atomic E-state index is -2.79. The maximum absolute atomic E-state index is 12.5. The third-order valence-electron chi connectivity index (χ3n) is 8.51. The van der Waals surface area contributed by atoms with Gasteiger partial charge in [-0.05, 0) is 70.2 Å². The first-order valence-corrected chi connectivity index (χ1v) is 15.8. The summed E-state index contributed by atoms with van der Waals surface area (Å²) >= 11 is 0. The van der Waals surface area contributed by atoms with E-state index in [0.717, 1.165) is 10.9 Å². The number of nitrogens with one attached hydrogen (secondary N) is 2. The van der Waals surface area contributed by atoms with Gasteiger partial charge in [-0.15, -0.1) is 0 Å². The third-order valence-corrected chi connectivity index (χ3v) is 10.8. The number of cyclic esters (lactones) is 1. The summed E-state index contributed by atoms with van der Waals surface area (Å²) < 4.78 is 31.5. The van der Waals surface area contributed by atoms with Crippen LogP contribution in [0.4, 0.5) is 11.6 Å². The molecule has 4 N–H and O–H groups in total. The molecule has 0 aliphatic carbocycles. The number of anilines is 2. The Labute approximate surface area is 242 Å².